The number of H-pyrrole nitrogens is 2. The van der Waals surface area contributed by atoms with E-state index in [1.54, 1.807) is 0 Å². The zero-order chi connectivity index (χ0) is 37.7. The monoisotopic (exact) mass is 730 g/mol. The summed E-state index contributed by atoms with van der Waals surface area (Å²) in [6.45, 7) is 7.63. The molecule has 0 unspecified atom stereocenters. The molecule has 6 atom stereocenters. The van der Waals surface area contributed by atoms with Crippen LogP contribution in [-0.2, 0) is 22.4 Å². The zero-order valence-electron chi connectivity index (χ0n) is 30.7. The lowest BCUT2D eigenvalue weighted by Gasteiger charge is -2.33. The number of tetrazole rings is 2. The van der Waals surface area contributed by atoms with Crippen molar-refractivity contribution in [1.29, 1.82) is 0 Å². The molecule has 2 aromatic heterocycles. The number of anilines is 2. The van der Waals surface area contributed by atoms with E-state index in [1.165, 1.54) is 0 Å². The van der Waals surface area contributed by atoms with E-state index in [1.807, 2.05) is 38.1 Å². The fourth-order valence-electron chi connectivity index (χ4n) is 7.63. The first kappa shape index (κ1) is 39.3. The number of hydrogen-bond acceptors (Lipinski definition) is 12. The van der Waals surface area contributed by atoms with Crippen LogP contribution in [0.15, 0.2) is 48.5 Å². The highest BCUT2D eigenvalue weighted by molar-refractivity contribution is 5.71. The van der Waals surface area contributed by atoms with Gasteiger partial charge in [0.1, 0.15) is 0 Å². The maximum Gasteiger partial charge on any atom is 0.307 e. The van der Waals surface area contributed by atoms with E-state index in [0.717, 1.165) is 80.8 Å². The molecule has 0 spiro atoms. The summed E-state index contributed by atoms with van der Waals surface area (Å²) in [7, 11) is 0. The molecule has 16 heteroatoms. The zero-order valence-corrected chi connectivity index (χ0v) is 30.7. The summed E-state index contributed by atoms with van der Waals surface area (Å²) >= 11 is 0. The Morgan fingerprint density at radius 2 is 1.23 bits per heavy atom. The Hall–Kier alpha value is -4.96. The Kier molecular flexibility index (Phi) is 14.2. The summed E-state index contributed by atoms with van der Waals surface area (Å²) in [5, 5.41) is 47.9. The number of nitrogens with zero attached hydrogens (tertiary/aromatic N) is 8. The smallest absolute Gasteiger partial charge is 0.307 e. The Bertz CT molecular complexity index is 1710. The number of carboxylic acids is 2. The lowest BCUT2D eigenvalue weighted by molar-refractivity contribution is -0.144. The van der Waals surface area contributed by atoms with Gasteiger partial charge in [0.05, 0.1) is 11.8 Å². The minimum absolute atomic E-state index is 0.204. The summed E-state index contributed by atoms with van der Waals surface area (Å²) in [5.41, 5.74) is 16.5. The number of benzene rings is 2. The SMILES string of the molecule is CCC[C@H](C(=O)O)[C@H](Cc1cccc(N2CCC[C@@H](N)C2)c1)c1nn[nH]n1.CCC[C@H](C(=O)O)[C@H](Cc1cccc(N2CC[C@H](N)C2)c1)c1nn[nH]n1. The average molecular weight is 731 g/mol. The van der Waals surface area contributed by atoms with Crippen LogP contribution in [0.1, 0.15) is 93.4 Å². The average Bonchev–Trinajstić information content (AvgIpc) is 3.96. The summed E-state index contributed by atoms with van der Waals surface area (Å²) in [6, 6.07) is 16.9. The van der Waals surface area contributed by atoms with Gasteiger partial charge in [-0.3, -0.25) is 9.59 Å². The van der Waals surface area contributed by atoms with Gasteiger partial charge in [0.2, 0.25) is 0 Å². The van der Waals surface area contributed by atoms with Crippen LogP contribution in [0, 0.1) is 11.8 Å². The molecule has 0 aliphatic carbocycles. The molecule has 2 saturated heterocycles. The first-order valence-corrected chi connectivity index (χ1v) is 18.8. The van der Waals surface area contributed by atoms with E-state index in [2.05, 4.69) is 75.3 Å². The third-order valence-electron chi connectivity index (χ3n) is 10.3. The number of nitrogens with one attached hydrogen (secondary N) is 2. The van der Waals surface area contributed by atoms with Gasteiger partial charge in [0, 0.05) is 61.5 Å². The van der Waals surface area contributed by atoms with Crippen LogP contribution in [0.2, 0.25) is 0 Å². The van der Waals surface area contributed by atoms with E-state index in [4.69, 9.17) is 11.5 Å². The molecule has 286 valence electrons. The second-order valence-corrected chi connectivity index (χ2v) is 14.3. The molecule has 16 nitrogen and oxygen atoms in total. The highest BCUT2D eigenvalue weighted by atomic mass is 16.4. The van der Waals surface area contributed by atoms with Crippen molar-refractivity contribution in [3.05, 3.63) is 71.3 Å². The second-order valence-electron chi connectivity index (χ2n) is 14.3. The molecule has 6 rings (SSSR count). The lowest BCUT2D eigenvalue weighted by atomic mass is 9.83. The quantitative estimate of drug-likeness (QED) is 0.0967. The predicted octanol–water partition coefficient (Wildman–Crippen LogP) is 3.52. The van der Waals surface area contributed by atoms with Gasteiger partial charge in [-0.05, 0) is 80.3 Å². The number of piperidine rings is 1. The maximum absolute atomic E-state index is 11.9. The Balaban J connectivity index is 0.000000204. The van der Waals surface area contributed by atoms with Crippen molar-refractivity contribution >= 4 is 23.3 Å². The van der Waals surface area contributed by atoms with E-state index in [0.29, 0.717) is 37.3 Å². The predicted molar refractivity (Wildman–Crippen MR) is 200 cm³/mol. The summed E-state index contributed by atoms with van der Waals surface area (Å²) in [4.78, 5) is 28.3. The first-order chi connectivity index (χ1) is 25.7. The van der Waals surface area contributed by atoms with Gasteiger partial charge in [-0.25, -0.2) is 0 Å². The Labute approximate surface area is 310 Å². The molecule has 0 bridgehead atoms. The van der Waals surface area contributed by atoms with Crippen LogP contribution >= 0.6 is 0 Å². The molecule has 4 aromatic rings. The van der Waals surface area contributed by atoms with Crippen molar-refractivity contribution in [2.75, 3.05) is 36.0 Å². The first-order valence-electron chi connectivity index (χ1n) is 18.8. The van der Waals surface area contributed by atoms with Crippen molar-refractivity contribution in [3.63, 3.8) is 0 Å². The number of rotatable bonds is 16. The number of aliphatic carboxylic acids is 2. The number of nitrogens with two attached hydrogens (primary N) is 2. The molecule has 53 heavy (non-hydrogen) atoms. The Morgan fingerprint density at radius 3 is 1.62 bits per heavy atom. The van der Waals surface area contributed by atoms with Crippen molar-refractivity contribution in [1.82, 2.24) is 41.2 Å². The fourth-order valence-corrected chi connectivity index (χ4v) is 7.63. The molecule has 2 aliphatic rings. The maximum atomic E-state index is 11.9. The van der Waals surface area contributed by atoms with Crippen LogP contribution in [0.5, 0.6) is 0 Å². The van der Waals surface area contributed by atoms with Gasteiger partial charge in [0.25, 0.3) is 0 Å². The molecule has 2 aromatic carbocycles. The third kappa shape index (κ3) is 10.8. The minimum Gasteiger partial charge on any atom is -0.481 e. The molecule has 0 amide bonds. The molecule has 8 N–H and O–H groups in total. The van der Waals surface area contributed by atoms with Crippen LogP contribution in [-0.4, -0.2) is 102 Å². The van der Waals surface area contributed by atoms with E-state index in [9.17, 15) is 19.8 Å². The molecule has 2 aliphatic heterocycles. The molecular formula is C37H54N12O4. The number of carbonyl (C=O) groups is 2. The molecular weight excluding hydrogens is 676 g/mol. The van der Waals surface area contributed by atoms with E-state index < -0.39 is 23.8 Å². The van der Waals surface area contributed by atoms with Crippen molar-refractivity contribution in [2.24, 2.45) is 23.3 Å². The van der Waals surface area contributed by atoms with Crippen LogP contribution < -0.4 is 21.3 Å². The van der Waals surface area contributed by atoms with Gasteiger partial charge in [-0.2, -0.15) is 10.4 Å². The summed E-state index contributed by atoms with van der Waals surface area (Å²) in [5.74, 6) is -2.43. The highest BCUT2D eigenvalue weighted by Crippen LogP contribution is 2.33. The largest absolute Gasteiger partial charge is 0.481 e. The lowest BCUT2D eigenvalue weighted by Crippen LogP contribution is -2.42. The highest BCUT2D eigenvalue weighted by Gasteiger charge is 2.33. The fraction of sp³-hybridized carbons (Fsp3) is 0.568. The molecule has 0 radical (unpaired) electrons. The normalized spacial score (nSPS) is 19.5. The van der Waals surface area contributed by atoms with Gasteiger partial charge in [-0.15, -0.1) is 20.4 Å². The van der Waals surface area contributed by atoms with Gasteiger partial charge >= 0.3 is 11.9 Å². The topological polar surface area (TPSA) is 242 Å². The molecule has 4 heterocycles. The van der Waals surface area contributed by atoms with Gasteiger partial charge in [-0.1, -0.05) is 61.4 Å². The molecule has 0 saturated carbocycles. The number of carboxylic acid groups (broad SMARTS) is 2. The van der Waals surface area contributed by atoms with Crippen molar-refractivity contribution in [2.45, 2.75) is 95.6 Å². The molecule has 2 fully saturated rings. The van der Waals surface area contributed by atoms with Crippen LogP contribution in [0.4, 0.5) is 11.4 Å². The van der Waals surface area contributed by atoms with E-state index in [-0.39, 0.29) is 23.9 Å². The summed E-state index contributed by atoms with van der Waals surface area (Å²) < 4.78 is 0. The second kappa shape index (κ2) is 19.2. The number of aromatic nitrogens is 8. The Morgan fingerprint density at radius 1 is 0.755 bits per heavy atom. The van der Waals surface area contributed by atoms with E-state index >= 15 is 0 Å². The van der Waals surface area contributed by atoms with Crippen LogP contribution in [0.25, 0.3) is 0 Å². The van der Waals surface area contributed by atoms with Crippen molar-refractivity contribution < 1.29 is 19.8 Å². The van der Waals surface area contributed by atoms with Gasteiger partial charge < -0.3 is 31.5 Å². The third-order valence-corrected chi connectivity index (χ3v) is 10.3. The van der Waals surface area contributed by atoms with Gasteiger partial charge in [0.15, 0.2) is 11.6 Å². The minimum atomic E-state index is -0.816. The number of aromatic amines is 2. The number of hydrogen-bond donors (Lipinski definition) is 6. The van der Waals surface area contributed by atoms with Crippen LogP contribution in [0.3, 0.4) is 0 Å². The standard InChI is InChI=1S/C19H28N6O2.C18H26N6O2/c1-2-5-16(19(26)27)17(18-21-23-24-22-18)11-13-6-3-8-15(10-13)25-9-4-7-14(20)12-25;1-2-4-15(18(25)26)16(17-20-22-23-21-17)10-12-5-3-6-14(9-12)24-8-7-13(19)11-24/h3,6,8,10,14,16-17H,2,4-5,7,9,11-12,20H2,1H3,(H,26,27)(H,21,22,23,24);3,5-6,9,13,15-16H,2,4,7-8,10-11,19H2,1H3,(H,25,26)(H,20,21,22,23)/t14-,16+,17+;13-,15-,16-/m10/s1. The van der Waals surface area contributed by atoms with Crippen molar-refractivity contribution in [3.8, 4) is 0 Å². The summed E-state index contributed by atoms with van der Waals surface area (Å²) in [6.07, 6.45) is 7.00.